The molecule has 0 fully saturated rings. The van der Waals surface area contributed by atoms with Crippen molar-refractivity contribution in [2.45, 2.75) is 32.2 Å². The van der Waals surface area contributed by atoms with Crippen molar-refractivity contribution in [3.63, 3.8) is 0 Å². The highest BCUT2D eigenvalue weighted by Crippen LogP contribution is 2.48. The molecule has 1 aromatic carbocycles. The maximum atomic E-state index is 13.4. The highest BCUT2D eigenvalue weighted by atomic mass is 19.4. The molecule has 1 N–H and O–H groups in total. The monoisotopic (exact) mass is 442 g/mol. The molecule has 3 rings (SSSR count). The van der Waals surface area contributed by atoms with E-state index in [1.807, 2.05) is 0 Å². The van der Waals surface area contributed by atoms with Gasteiger partial charge in [0.1, 0.15) is 5.75 Å². The lowest BCUT2D eigenvalue weighted by molar-refractivity contribution is -0.201. The van der Waals surface area contributed by atoms with Crippen LogP contribution in [0.1, 0.15) is 19.0 Å². The molecular formula is C22H20F6N2O. The van der Waals surface area contributed by atoms with Gasteiger partial charge in [-0.25, -0.2) is 0 Å². The highest BCUT2D eigenvalue weighted by Gasteiger charge is 2.53. The second-order valence-electron chi connectivity index (χ2n) is 7.46. The standard InChI is InChI=1S/C22H20F6N2O/c1-20(22(26,27)28)11-15(21(23,24)25)10-17(12-20)29-13-16-4-3-5-19(30-16)14-6-8-18(31-2)9-7-14/h3-11,29H,12-13H2,1-2H3. The lowest BCUT2D eigenvalue weighted by atomic mass is 9.79. The van der Waals surface area contributed by atoms with E-state index in [0.29, 0.717) is 17.1 Å². The molecule has 0 bridgehead atoms. The zero-order valence-electron chi connectivity index (χ0n) is 16.7. The van der Waals surface area contributed by atoms with Gasteiger partial charge in [0, 0.05) is 17.7 Å². The number of alkyl halides is 6. The summed E-state index contributed by atoms with van der Waals surface area (Å²) in [6, 6.07) is 12.3. The molecule has 1 atom stereocenters. The molecule has 0 radical (unpaired) electrons. The Hall–Kier alpha value is -2.97. The molecule has 0 saturated carbocycles. The van der Waals surface area contributed by atoms with Crippen molar-refractivity contribution in [2.75, 3.05) is 7.11 Å². The molecule has 0 saturated heterocycles. The third-order valence-corrected chi connectivity index (χ3v) is 5.03. The number of methoxy groups -OCH3 is 1. The topological polar surface area (TPSA) is 34.1 Å². The Labute approximate surface area is 175 Å². The van der Waals surface area contributed by atoms with Gasteiger partial charge in [-0.1, -0.05) is 12.1 Å². The van der Waals surface area contributed by atoms with Gasteiger partial charge in [0.05, 0.1) is 36.0 Å². The van der Waals surface area contributed by atoms with E-state index < -0.39 is 29.8 Å². The van der Waals surface area contributed by atoms with E-state index in [4.69, 9.17) is 4.74 Å². The summed E-state index contributed by atoms with van der Waals surface area (Å²) in [6.45, 7) is 0.741. The molecule has 0 aliphatic heterocycles. The van der Waals surface area contributed by atoms with Crippen LogP contribution in [0.25, 0.3) is 11.3 Å². The zero-order chi connectivity index (χ0) is 22.9. The minimum absolute atomic E-state index is 0.0189. The third kappa shape index (κ3) is 5.21. The van der Waals surface area contributed by atoms with E-state index in [-0.39, 0.29) is 18.3 Å². The number of halogens is 6. The first-order chi connectivity index (χ1) is 14.4. The van der Waals surface area contributed by atoms with Crippen molar-refractivity contribution in [1.82, 2.24) is 10.3 Å². The van der Waals surface area contributed by atoms with Crippen LogP contribution in [0.5, 0.6) is 5.75 Å². The van der Waals surface area contributed by atoms with Crippen molar-refractivity contribution < 1.29 is 31.1 Å². The first kappa shape index (κ1) is 22.7. The molecule has 0 amide bonds. The summed E-state index contributed by atoms with van der Waals surface area (Å²) in [7, 11) is 1.54. The molecule has 1 aliphatic rings. The fourth-order valence-corrected chi connectivity index (χ4v) is 3.23. The smallest absolute Gasteiger partial charge is 0.416 e. The average Bonchev–Trinajstić information content (AvgIpc) is 2.71. The van der Waals surface area contributed by atoms with Gasteiger partial charge in [0.25, 0.3) is 0 Å². The van der Waals surface area contributed by atoms with E-state index in [1.165, 1.54) is 0 Å². The van der Waals surface area contributed by atoms with Crippen LogP contribution in [0.15, 0.2) is 65.9 Å². The first-order valence-corrected chi connectivity index (χ1v) is 9.33. The van der Waals surface area contributed by atoms with E-state index in [1.54, 1.807) is 49.6 Å². The summed E-state index contributed by atoms with van der Waals surface area (Å²) in [5.74, 6) is 0.673. The normalized spacial score (nSPS) is 19.5. The number of nitrogens with zero attached hydrogens (tertiary/aromatic N) is 1. The Morgan fingerprint density at radius 3 is 2.29 bits per heavy atom. The molecule has 3 nitrogen and oxygen atoms in total. The first-order valence-electron chi connectivity index (χ1n) is 9.33. The van der Waals surface area contributed by atoms with Crippen LogP contribution in [-0.4, -0.2) is 24.4 Å². The van der Waals surface area contributed by atoms with Gasteiger partial charge in [0.2, 0.25) is 0 Å². The summed E-state index contributed by atoms with van der Waals surface area (Å²) in [4.78, 5) is 4.45. The number of aromatic nitrogens is 1. The summed E-state index contributed by atoms with van der Waals surface area (Å²) < 4.78 is 84.9. The highest BCUT2D eigenvalue weighted by molar-refractivity contribution is 5.60. The average molecular weight is 442 g/mol. The third-order valence-electron chi connectivity index (χ3n) is 5.03. The lowest BCUT2D eigenvalue weighted by Crippen LogP contribution is -2.38. The molecule has 1 aliphatic carbocycles. The van der Waals surface area contributed by atoms with Gasteiger partial charge in [-0.15, -0.1) is 0 Å². The Morgan fingerprint density at radius 2 is 1.71 bits per heavy atom. The van der Waals surface area contributed by atoms with Crippen molar-refractivity contribution in [3.05, 3.63) is 71.6 Å². The van der Waals surface area contributed by atoms with Crippen LogP contribution in [0.4, 0.5) is 26.3 Å². The van der Waals surface area contributed by atoms with E-state index in [9.17, 15) is 26.3 Å². The minimum Gasteiger partial charge on any atom is -0.497 e. The fourth-order valence-electron chi connectivity index (χ4n) is 3.23. The van der Waals surface area contributed by atoms with Gasteiger partial charge < -0.3 is 10.1 Å². The summed E-state index contributed by atoms with van der Waals surface area (Å²) >= 11 is 0. The van der Waals surface area contributed by atoms with Crippen LogP contribution < -0.4 is 10.1 Å². The number of pyridine rings is 1. The van der Waals surface area contributed by atoms with Crippen molar-refractivity contribution in [3.8, 4) is 17.0 Å². The van der Waals surface area contributed by atoms with E-state index in [0.717, 1.165) is 18.6 Å². The number of nitrogens with one attached hydrogen (secondary N) is 1. The summed E-state index contributed by atoms with van der Waals surface area (Å²) in [6.07, 6.45) is -9.35. The van der Waals surface area contributed by atoms with Crippen LogP contribution >= 0.6 is 0 Å². The minimum atomic E-state index is -4.88. The van der Waals surface area contributed by atoms with E-state index in [2.05, 4.69) is 10.3 Å². The van der Waals surface area contributed by atoms with Crippen molar-refractivity contribution in [2.24, 2.45) is 5.41 Å². The van der Waals surface area contributed by atoms with Crippen molar-refractivity contribution >= 4 is 0 Å². The Balaban J connectivity index is 1.80. The molecule has 0 spiro atoms. The Morgan fingerprint density at radius 1 is 1.03 bits per heavy atom. The molecule has 31 heavy (non-hydrogen) atoms. The number of allylic oxidation sites excluding steroid dienone is 4. The quantitative estimate of drug-likeness (QED) is 0.561. The number of hydrogen-bond donors (Lipinski definition) is 1. The predicted octanol–water partition coefficient (Wildman–Crippen LogP) is 6.19. The second kappa shape index (κ2) is 8.28. The molecular weight excluding hydrogens is 422 g/mol. The van der Waals surface area contributed by atoms with Crippen molar-refractivity contribution in [1.29, 1.82) is 0 Å². The second-order valence-corrected chi connectivity index (χ2v) is 7.46. The van der Waals surface area contributed by atoms with Crippen LogP contribution in [-0.2, 0) is 6.54 Å². The Kier molecular flexibility index (Phi) is 6.07. The van der Waals surface area contributed by atoms with Gasteiger partial charge >= 0.3 is 12.4 Å². The van der Waals surface area contributed by atoms with Crippen LogP contribution in [0, 0.1) is 5.41 Å². The molecule has 1 aromatic heterocycles. The van der Waals surface area contributed by atoms with E-state index >= 15 is 0 Å². The van der Waals surface area contributed by atoms with Crippen LogP contribution in [0.3, 0.4) is 0 Å². The van der Waals surface area contributed by atoms with Gasteiger partial charge in [-0.05, 0) is 49.4 Å². The molecule has 166 valence electrons. The summed E-state index contributed by atoms with van der Waals surface area (Å²) in [5.41, 5.74) is -2.19. The molecule has 1 unspecified atom stereocenters. The van der Waals surface area contributed by atoms with Gasteiger partial charge in [0.15, 0.2) is 0 Å². The van der Waals surface area contributed by atoms with Crippen LogP contribution in [0.2, 0.25) is 0 Å². The Bertz CT molecular complexity index is 992. The maximum absolute atomic E-state index is 13.4. The SMILES string of the molecule is COc1ccc(-c2cccc(CNC3=CC(C(F)(F)F)=CC(C)(C(F)(F)F)C3)n2)cc1. The van der Waals surface area contributed by atoms with Gasteiger partial charge in [-0.3, -0.25) is 4.98 Å². The summed E-state index contributed by atoms with van der Waals surface area (Å²) in [5, 5.41) is 2.70. The number of hydrogen-bond acceptors (Lipinski definition) is 3. The number of ether oxygens (including phenoxy) is 1. The zero-order valence-corrected chi connectivity index (χ0v) is 16.7. The number of rotatable bonds is 5. The molecule has 2 aromatic rings. The molecule has 1 heterocycles. The lowest BCUT2D eigenvalue weighted by Gasteiger charge is -2.34. The fraction of sp³-hybridized carbons (Fsp3) is 0.318. The predicted molar refractivity (Wildman–Crippen MR) is 104 cm³/mol. The maximum Gasteiger partial charge on any atom is 0.416 e. The van der Waals surface area contributed by atoms with Gasteiger partial charge in [-0.2, -0.15) is 26.3 Å². The molecule has 9 heteroatoms. The largest absolute Gasteiger partial charge is 0.497 e. The number of benzene rings is 1.